The molecule has 0 N–H and O–H groups in total. The molecule has 0 aromatic carbocycles. The quantitative estimate of drug-likeness (QED) is 0.746. The smallest absolute Gasteiger partial charge is 0.244 e. The number of sulfonamides is 1. The van der Waals surface area contributed by atoms with Gasteiger partial charge in [0.2, 0.25) is 15.9 Å². The SMILES string of the molecule is O=C(CCl)N1CCN(S(=O)(=O)c2cccnc2)CC1. The topological polar surface area (TPSA) is 70.6 Å². The number of piperazine rings is 1. The summed E-state index contributed by atoms with van der Waals surface area (Å²) in [6.45, 7) is 1.29. The zero-order valence-corrected chi connectivity index (χ0v) is 11.8. The van der Waals surface area contributed by atoms with Gasteiger partial charge in [-0.25, -0.2) is 8.42 Å². The minimum Gasteiger partial charge on any atom is -0.339 e. The lowest BCUT2D eigenvalue weighted by molar-refractivity contribution is -0.129. The first-order valence-corrected chi connectivity index (χ1v) is 7.77. The van der Waals surface area contributed by atoms with Gasteiger partial charge in [0, 0.05) is 38.6 Å². The van der Waals surface area contributed by atoms with Gasteiger partial charge in [-0.3, -0.25) is 9.78 Å². The van der Waals surface area contributed by atoms with Gasteiger partial charge in [0.15, 0.2) is 0 Å². The summed E-state index contributed by atoms with van der Waals surface area (Å²) < 4.78 is 25.9. The zero-order valence-electron chi connectivity index (χ0n) is 10.2. The highest BCUT2D eigenvalue weighted by Crippen LogP contribution is 2.16. The van der Waals surface area contributed by atoms with Crippen LogP contribution in [0.15, 0.2) is 29.4 Å². The van der Waals surface area contributed by atoms with Crippen molar-refractivity contribution in [3.63, 3.8) is 0 Å². The molecule has 0 spiro atoms. The summed E-state index contributed by atoms with van der Waals surface area (Å²) in [6.07, 6.45) is 2.85. The van der Waals surface area contributed by atoms with Crippen LogP contribution in [0.1, 0.15) is 0 Å². The molecular weight excluding hydrogens is 290 g/mol. The molecule has 0 aliphatic carbocycles. The van der Waals surface area contributed by atoms with Crippen molar-refractivity contribution < 1.29 is 13.2 Å². The Morgan fingerprint density at radius 1 is 1.32 bits per heavy atom. The van der Waals surface area contributed by atoms with Crippen LogP contribution in [0.25, 0.3) is 0 Å². The molecule has 0 unspecified atom stereocenters. The predicted octanol–water partition coefficient (Wildman–Crippen LogP) is 0.153. The van der Waals surface area contributed by atoms with E-state index in [1.54, 1.807) is 11.0 Å². The molecule has 1 aromatic heterocycles. The highest BCUT2D eigenvalue weighted by molar-refractivity contribution is 7.89. The monoisotopic (exact) mass is 303 g/mol. The standard InChI is InChI=1S/C11H14ClN3O3S/c12-8-11(16)14-4-6-15(7-5-14)19(17,18)10-2-1-3-13-9-10/h1-3,9H,4-8H2. The number of rotatable bonds is 3. The summed E-state index contributed by atoms with van der Waals surface area (Å²) in [5.41, 5.74) is 0. The van der Waals surface area contributed by atoms with Crippen molar-refractivity contribution >= 4 is 27.5 Å². The minimum absolute atomic E-state index is 0.0741. The van der Waals surface area contributed by atoms with E-state index in [4.69, 9.17) is 11.6 Å². The molecule has 6 nitrogen and oxygen atoms in total. The second-order valence-electron chi connectivity index (χ2n) is 4.11. The molecule has 1 fully saturated rings. The Morgan fingerprint density at radius 3 is 2.53 bits per heavy atom. The number of amides is 1. The van der Waals surface area contributed by atoms with Gasteiger partial charge < -0.3 is 4.90 Å². The summed E-state index contributed by atoms with van der Waals surface area (Å²) in [4.78, 5) is 17.0. The first-order chi connectivity index (χ1) is 9.05. The highest BCUT2D eigenvalue weighted by atomic mass is 35.5. The van der Waals surface area contributed by atoms with E-state index in [-0.39, 0.29) is 29.8 Å². The van der Waals surface area contributed by atoms with Crippen molar-refractivity contribution in [2.75, 3.05) is 32.1 Å². The van der Waals surface area contributed by atoms with Gasteiger partial charge in [-0.05, 0) is 12.1 Å². The lowest BCUT2D eigenvalue weighted by Crippen LogP contribution is -2.50. The maximum absolute atomic E-state index is 12.3. The van der Waals surface area contributed by atoms with Crippen LogP contribution < -0.4 is 0 Å². The Morgan fingerprint density at radius 2 is 2.00 bits per heavy atom. The molecule has 19 heavy (non-hydrogen) atoms. The summed E-state index contributed by atoms with van der Waals surface area (Å²) in [6, 6.07) is 3.10. The van der Waals surface area contributed by atoms with E-state index in [9.17, 15) is 13.2 Å². The summed E-state index contributed by atoms with van der Waals surface area (Å²) in [5, 5.41) is 0. The van der Waals surface area contributed by atoms with Crippen LogP contribution in [0.5, 0.6) is 0 Å². The molecule has 8 heteroatoms. The molecule has 1 saturated heterocycles. The van der Waals surface area contributed by atoms with Crippen molar-refractivity contribution in [2.24, 2.45) is 0 Å². The van der Waals surface area contributed by atoms with Crippen LogP contribution in [-0.4, -0.2) is 60.6 Å². The number of carbonyl (C=O) groups excluding carboxylic acids is 1. The Balaban J connectivity index is 2.08. The van der Waals surface area contributed by atoms with Crippen LogP contribution in [0.3, 0.4) is 0 Å². The Hall–Kier alpha value is -1.18. The number of alkyl halides is 1. The number of carbonyl (C=O) groups is 1. The van der Waals surface area contributed by atoms with Crippen LogP contribution >= 0.6 is 11.6 Å². The molecule has 2 heterocycles. The van der Waals surface area contributed by atoms with Gasteiger partial charge >= 0.3 is 0 Å². The molecule has 2 rings (SSSR count). The van der Waals surface area contributed by atoms with Gasteiger partial charge in [-0.15, -0.1) is 11.6 Å². The van der Waals surface area contributed by atoms with E-state index < -0.39 is 10.0 Å². The van der Waals surface area contributed by atoms with Crippen LogP contribution in [0.2, 0.25) is 0 Å². The third-order valence-electron chi connectivity index (χ3n) is 2.98. The number of aromatic nitrogens is 1. The van der Waals surface area contributed by atoms with Gasteiger partial charge in [-0.1, -0.05) is 0 Å². The molecular formula is C11H14ClN3O3S. The van der Waals surface area contributed by atoms with E-state index in [0.717, 1.165) is 0 Å². The summed E-state index contributed by atoms with van der Waals surface area (Å²) in [7, 11) is -3.52. The zero-order chi connectivity index (χ0) is 13.9. The molecule has 0 radical (unpaired) electrons. The maximum Gasteiger partial charge on any atom is 0.244 e. The van der Waals surface area contributed by atoms with Gasteiger partial charge in [0.05, 0.1) is 0 Å². The summed E-state index contributed by atoms with van der Waals surface area (Å²) >= 11 is 5.48. The first kappa shape index (κ1) is 14.2. The normalized spacial score (nSPS) is 17.4. The average molecular weight is 304 g/mol. The fourth-order valence-electron chi connectivity index (χ4n) is 1.91. The molecule has 1 aromatic rings. The number of nitrogens with zero attached hydrogens (tertiary/aromatic N) is 3. The molecule has 0 saturated carbocycles. The molecule has 1 aliphatic rings. The molecule has 0 bridgehead atoms. The third-order valence-corrected chi connectivity index (χ3v) is 5.09. The first-order valence-electron chi connectivity index (χ1n) is 5.79. The lowest BCUT2D eigenvalue weighted by atomic mass is 10.3. The molecule has 1 aliphatic heterocycles. The fourth-order valence-corrected chi connectivity index (χ4v) is 3.47. The summed E-state index contributed by atoms with van der Waals surface area (Å²) in [5.74, 6) is -0.241. The molecule has 0 atom stereocenters. The number of hydrogen-bond donors (Lipinski definition) is 0. The van der Waals surface area contributed by atoms with Crippen molar-refractivity contribution in [2.45, 2.75) is 4.90 Å². The fraction of sp³-hybridized carbons (Fsp3) is 0.455. The largest absolute Gasteiger partial charge is 0.339 e. The van der Waals surface area contributed by atoms with Crippen molar-refractivity contribution in [3.05, 3.63) is 24.5 Å². The van der Waals surface area contributed by atoms with Crippen molar-refractivity contribution in [1.82, 2.24) is 14.2 Å². The van der Waals surface area contributed by atoms with Gasteiger partial charge in [0.25, 0.3) is 0 Å². The van der Waals surface area contributed by atoms with E-state index in [1.165, 1.54) is 22.8 Å². The van der Waals surface area contributed by atoms with E-state index >= 15 is 0 Å². The predicted molar refractivity (Wildman–Crippen MR) is 70.3 cm³/mol. The lowest BCUT2D eigenvalue weighted by Gasteiger charge is -2.33. The van der Waals surface area contributed by atoms with Crippen LogP contribution in [0.4, 0.5) is 0 Å². The maximum atomic E-state index is 12.3. The Kier molecular flexibility index (Phi) is 4.38. The van der Waals surface area contributed by atoms with Crippen molar-refractivity contribution in [1.29, 1.82) is 0 Å². The van der Waals surface area contributed by atoms with E-state index in [2.05, 4.69) is 4.98 Å². The van der Waals surface area contributed by atoms with E-state index in [0.29, 0.717) is 13.1 Å². The molecule has 104 valence electrons. The van der Waals surface area contributed by atoms with Crippen LogP contribution in [-0.2, 0) is 14.8 Å². The van der Waals surface area contributed by atoms with Crippen molar-refractivity contribution in [3.8, 4) is 0 Å². The second kappa shape index (κ2) is 5.85. The second-order valence-corrected chi connectivity index (χ2v) is 6.31. The average Bonchev–Trinajstić information content (AvgIpc) is 2.47. The number of hydrogen-bond acceptors (Lipinski definition) is 4. The number of halogens is 1. The molecule has 1 amide bonds. The van der Waals surface area contributed by atoms with Crippen LogP contribution in [0, 0.1) is 0 Å². The Bertz CT molecular complexity index is 542. The Labute approximate surface area is 117 Å². The van der Waals surface area contributed by atoms with Gasteiger partial charge in [-0.2, -0.15) is 4.31 Å². The van der Waals surface area contributed by atoms with E-state index in [1.807, 2.05) is 0 Å². The number of pyridine rings is 1. The third kappa shape index (κ3) is 3.05. The van der Waals surface area contributed by atoms with Gasteiger partial charge in [0.1, 0.15) is 10.8 Å². The minimum atomic E-state index is -3.52. The highest BCUT2D eigenvalue weighted by Gasteiger charge is 2.29.